The molecule has 0 aliphatic carbocycles. The molecular weight excluding hydrogens is 522 g/mol. The van der Waals surface area contributed by atoms with Crippen molar-refractivity contribution in [2.45, 2.75) is 69.9 Å². The van der Waals surface area contributed by atoms with E-state index in [0.29, 0.717) is 12.8 Å². The third kappa shape index (κ3) is 8.17. The van der Waals surface area contributed by atoms with Crippen molar-refractivity contribution in [1.29, 1.82) is 0 Å². The van der Waals surface area contributed by atoms with Crippen molar-refractivity contribution in [3.63, 3.8) is 0 Å². The van der Waals surface area contributed by atoms with Gasteiger partial charge in [-0.15, -0.1) is 11.3 Å². The van der Waals surface area contributed by atoms with E-state index in [4.69, 9.17) is 0 Å². The summed E-state index contributed by atoms with van der Waals surface area (Å²) in [6.07, 6.45) is 0.427. The number of hydrogen-bond acceptors (Lipinski definition) is 7. The SMILES string of the molecule is CCC(=O)CCC(=O)N[C@@H](Cc1ccccc1)[C@H](O)CN(CC(C)CC)S(=O)(=O)c1ccc2ncsc2c1. The molecule has 0 saturated carbocycles. The first-order valence-corrected chi connectivity index (χ1v) is 15.3. The number of nitrogens with zero attached hydrogens (tertiary/aromatic N) is 2. The summed E-state index contributed by atoms with van der Waals surface area (Å²) in [6.45, 7) is 5.76. The van der Waals surface area contributed by atoms with E-state index in [1.807, 2.05) is 44.2 Å². The molecule has 3 atom stereocenters. The summed E-state index contributed by atoms with van der Waals surface area (Å²) >= 11 is 1.37. The van der Waals surface area contributed by atoms with E-state index in [0.717, 1.165) is 22.2 Å². The van der Waals surface area contributed by atoms with Crippen LogP contribution in [-0.4, -0.2) is 59.7 Å². The summed E-state index contributed by atoms with van der Waals surface area (Å²) in [7, 11) is -3.94. The molecule has 10 heteroatoms. The Labute approximate surface area is 229 Å². The number of aliphatic hydroxyl groups excluding tert-OH is 1. The molecule has 0 aliphatic heterocycles. The number of sulfonamides is 1. The predicted molar refractivity (Wildman–Crippen MR) is 150 cm³/mol. The quantitative estimate of drug-likeness (QED) is 0.289. The van der Waals surface area contributed by atoms with Crippen LogP contribution in [0, 0.1) is 5.92 Å². The van der Waals surface area contributed by atoms with Gasteiger partial charge in [0.05, 0.1) is 32.8 Å². The Bertz CT molecular complexity index is 1310. The number of carbonyl (C=O) groups excluding carboxylic acids is 2. The van der Waals surface area contributed by atoms with Crippen molar-refractivity contribution < 1.29 is 23.1 Å². The van der Waals surface area contributed by atoms with Gasteiger partial charge < -0.3 is 10.4 Å². The van der Waals surface area contributed by atoms with Crippen LogP contribution >= 0.6 is 11.3 Å². The maximum Gasteiger partial charge on any atom is 0.243 e. The van der Waals surface area contributed by atoms with Gasteiger partial charge in [0.25, 0.3) is 0 Å². The molecule has 8 nitrogen and oxygen atoms in total. The number of carbonyl (C=O) groups is 2. The molecule has 0 bridgehead atoms. The van der Waals surface area contributed by atoms with Crippen LogP contribution in [0.3, 0.4) is 0 Å². The number of hydrogen-bond donors (Lipinski definition) is 2. The van der Waals surface area contributed by atoms with E-state index >= 15 is 0 Å². The molecule has 3 rings (SSSR count). The average Bonchev–Trinajstić information content (AvgIpc) is 3.39. The molecule has 3 aromatic rings. The monoisotopic (exact) mass is 559 g/mol. The van der Waals surface area contributed by atoms with Crippen molar-refractivity contribution in [3.8, 4) is 0 Å². The zero-order valence-electron chi connectivity index (χ0n) is 22.2. The number of rotatable bonds is 15. The Kier molecular flexibility index (Phi) is 11.0. The van der Waals surface area contributed by atoms with Gasteiger partial charge in [-0.05, 0) is 36.1 Å². The molecule has 1 amide bonds. The molecule has 2 N–H and O–H groups in total. The molecule has 1 heterocycles. The highest BCUT2D eigenvalue weighted by molar-refractivity contribution is 7.89. The van der Waals surface area contributed by atoms with Crippen molar-refractivity contribution >= 4 is 43.3 Å². The molecule has 2 aromatic carbocycles. The number of Topliss-reactive ketones (excluding diaryl/α,β-unsaturated/α-hetero) is 1. The normalized spacial score (nSPS) is 14.3. The molecular formula is C28H37N3O5S2. The zero-order chi connectivity index (χ0) is 27.7. The molecule has 0 spiro atoms. The van der Waals surface area contributed by atoms with Crippen molar-refractivity contribution in [2.24, 2.45) is 5.92 Å². The summed E-state index contributed by atoms with van der Waals surface area (Å²) in [5.41, 5.74) is 3.30. The third-order valence-corrected chi connectivity index (χ3v) is 9.30. The fourth-order valence-electron chi connectivity index (χ4n) is 4.09. The van der Waals surface area contributed by atoms with E-state index in [9.17, 15) is 23.1 Å². The van der Waals surface area contributed by atoms with Crippen LogP contribution in [0.15, 0.2) is 58.9 Å². The largest absolute Gasteiger partial charge is 0.390 e. The summed E-state index contributed by atoms with van der Waals surface area (Å²) < 4.78 is 29.6. The number of nitrogens with one attached hydrogen (secondary N) is 1. The maximum atomic E-state index is 13.8. The summed E-state index contributed by atoms with van der Waals surface area (Å²) in [4.78, 5) is 28.8. The number of aliphatic hydroxyl groups is 1. The molecule has 0 saturated heterocycles. The van der Waals surface area contributed by atoms with Crippen molar-refractivity contribution in [2.75, 3.05) is 13.1 Å². The van der Waals surface area contributed by atoms with Crippen molar-refractivity contribution in [1.82, 2.24) is 14.6 Å². The predicted octanol–water partition coefficient (Wildman–Crippen LogP) is 4.18. The van der Waals surface area contributed by atoms with E-state index in [1.54, 1.807) is 30.6 Å². The lowest BCUT2D eigenvalue weighted by Crippen LogP contribution is -2.51. The molecule has 1 unspecified atom stereocenters. The highest BCUT2D eigenvalue weighted by Gasteiger charge is 2.32. The minimum absolute atomic E-state index is 0.0101. The maximum absolute atomic E-state index is 13.8. The van der Waals surface area contributed by atoms with Crippen molar-refractivity contribution in [3.05, 3.63) is 59.6 Å². The van der Waals surface area contributed by atoms with E-state index in [-0.39, 0.29) is 48.4 Å². The lowest BCUT2D eigenvalue weighted by atomic mass is 10.00. The lowest BCUT2D eigenvalue weighted by Gasteiger charge is -2.31. The minimum Gasteiger partial charge on any atom is -0.390 e. The number of aromatic nitrogens is 1. The first-order chi connectivity index (χ1) is 18.1. The van der Waals surface area contributed by atoms with Gasteiger partial charge in [0, 0.05) is 32.4 Å². The molecule has 1 aromatic heterocycles. The van der Waals surface area contributed by atoms with Gasteiger partial charge in [-0.1, -0.05) is 57.5 Å². The fourth-order valence-corrected chi connectivity index (χ4v) is 6.48. The number of amides is 1. The number of benzene rings is 2. The van der Waals surface area contributed by atoms with Gasteiger partial charge in [-0.25, -0.2) is 13.4 Å². The van der Waals surface area contributed by atoms with Crippen LogP contribution in [-0.2, 0) is 26.0 Å². The first kappa shape index (κ1) is 29.9. The summed E-state index contributed by atoms with van der Waals surface area (Å²) in [5.74, 6) is -0.297. The molecule has 0 radical (unpaired) electrons. The number of fused-ring (bicyclic) bond motifs is 1. The Morgan fingerprint density at radius 3 is 2.50 bits per heavy atom. The zero-order valence-corrected chi connectivity index (χ0v) is 23.8. The highest BCUT2D eigenvalue weighted by Crippen LogP contribution is 2.25. The first-order valence-electron chi connectivity index (χ1n) is 13.0. The van der Waals surface area contributed by atoms with Crippen LogP contribution in [0.2, 0.25) is 0 Å². The lowest BCUT2D eigenvalue weighted by molar-refractivity contribution is -0.126. The third-order valence-electron chi connectivity index (χ3n) is 6.68. The molecule has 0 fully saturated rings. The molecule has 206 valence electrons. The van der Waals surface area contributed by atoms with E-state index in [1.165, 1.54) is 15.6 Å². The van der Waals surface area contributed by atoms with Crippen LogP contribution < -0.4 is 5.32 Å². The summed E-state index contributed by atoms with van der Waals surface area (Å²) in [6, 6.07) is 13.5. The van der Waals surface area contributed by atoms with Gasteiger partial charge in [0.1, 0.15) is 5.78 Å². The molecule has 0 aliphatic rings. The standard InChI is InChI=1S/C28H37N3O5S2/c1-4-20(3)17-31(38(35,36)23-12-13-24-27(16-23)37-19-29-24)18-26(33)25(15-21-9-7-6-8-10-21)30-28(34)14-11-22(32)5-2/h6-10,12-13,16,19-20,25-26,33H,4-5,11,14-15,17-18H2,1-3H3,(H,30,34)/t20?,25-,26+/m0/s1. The van der Waals surface area contributed by atoms with Crippen LogP contribution in [0.5, 0.6) is 0 Å². The van der Waals surface area contributed by atoms with Crippen LogP contribution in [0.4, 0.5) is 0 Å². The Morgan fingerprint density at radius 1 is 1.08 bits per heavy atom. The Morgan fingerprint density at radius 2 is 1.82 bits per heavy atom. The second kappa shape index (κ2) is 13.9. The summed E-state index contributed by atoms with van der Waals surface area (Å²) in [5, 5.41) is 14.2. The van der Waals surface area contributed by atoms with Crippen LogP contribution in [0.1, 0.15) is 52.0 Å². The average molecular weight is 560 g/mol. The minimum atomic E-state index is -3.94. The second-order valence-corrected chi connectivity index (χ2v) is 12.5. The topological polar surface area (TPSA) is 117 Å². The van der Waals surface area contributed by atoms with Gasteiger partial charge in [0.2, 0.25) is 15.9 Å². The van der Waals surface area contributed by atoms with Crippen LogP contribution in [0.25, 0.3) is 10.2 Å². The van der Waals surface area contributed by atoms with Gasteiger partial charge in [-0.2, -0.15) is 4.31 Å². The number of thiazole rings is 1. The Hall–Kier alpha value is -2.66. The van der Waals surface area contributed by atoms with E-state index in [2.05, 4.69) is 10.3 Å². The smallest absolute Gasteiger partial charge is 0.243 e. The van der Waals surface area contributed by atoms with E-state index < -0.39 is 22.2 Å². The fraction of sp³-hybridized carbons (Fsp3) is 0.464. The Balaban J connectivity index is 1.86. The second-order valence-electron chi connectivity index (χ2n) is 9.64. The highest BCUT2D eigenvalue weighted by atomic mass is 32.2. The van der Waals surface area contributed by atoms with Gasteiger partial charge in [0.15, 0.2) is 0 Å². The van der Waals surface area contributed by atoms with Gasteiger partial charge in [-0.3, -0.25) is 9.59 Å². The molecule has 38 heavy (non-hydrogen) atoms. The number of ketones is 1. The van der Waals surface area contributed by atoms with Gasteiger partial charge >= 0.3 is 0 Å².